The number of hydrogen-bond acceptors (Lipinski definition) is 3. The maximum absolute atomic E-state index is 9.33. The van der Waals surface area contributed by atoms with E-state index in [1.807, 2.05) is 6.07 Å². The third kappa shape index (κ3) is 2.48. The van der Waals surface area contributed by atoms with Crippen LogP contribution in [0.3, 0.4) is 0 Å². The highest BCUT2D eigenvalue weighted by Gasteiger charge is 2.03. The highest BCUT2D eigenvalue weighted by atomic mass is 32.1. The summed E-state index contributed by atoms with van der Waals surface area (Å²) < 4.78 is 1.08. The van der Waals surface area contributed by atoms with Crippen molar-refractivity contribution in [3.63, 3.8) is 0 Å². The van der Waals surface area contributed by atoms with Crippen molar-refractivity contribution in [2.75, 3.05) is 0 Å². The molecule has 1 heterocycles. The Labute approximate surface area is 93.6 Å². The van der Waals surface area contributed by atoms with Gasteiger partial charge in [-0.3, -0.25) is 0 Å². The van der Waals surface area contributed by atoms with Crippen molar-refractivity contribution in [3.05, 3.63) is 23.2 Å². The number of benzene rings is 1. The van der Waals surface area contributed by atoms with Crippen LogP contribution in [-0.4, -0.2) is 10.1 Å². The number of phenolic OH excluding ortho intramolecular Hbond substituents is 1. The third-order valence-electron chi connectivity index (χ3n) is 2.41. The number of nitrogens with zero attached hydrogens (tertiary/aromatic N) is 1. The minimum Gasteiger partial charge on any atom is -0.508 e. The van der Waals surface area contributed by atoms with Gasteiger partial charge in [0.1, 0.15) is 5.75 Å². The van der Waals surface area contributed by atoms with Gasteiger partial charge in [-0.25, -0.2) is 4.98 Å². The summed E-state index contributed by atoms with van der Waals surface area (Å²) in [5.74, 6) is 0.325. The topological polar surface area (TPSA) is 33.1 Å². The second kappa shape index (κ2) is 4.62. The Morgan fingerprint density at radius 3 is 3.00 bits per heavy atom. The number of aryl methyl sites for hydroxylation is 1. The predicted molar refractivity (Wildman–Crippen MR) is 64.5 cm³/mol. The van der Waals surface area contributed by atoms with Crippen LogP contribution in [0, 0.1) is 0 Å². The number of phenols is 1. The van der Waals surface area contributed by atoms with E-state index < -0.39 is 0 Å². The Kier molecular flexibility index (Phi) is 3.21. The molecule has 2 aromatic rings. The molecule has 1 N–H and O–H groups in total. The summed E-state index contributed by atoms with van der Waals surface area (Å²) in [6.07, 6.45) is 4.78. The summed E-state index contributed by atoms with van der Waals surface area (Å²) in [5, 5.41) is 10.5. The molecule has 1 aromatic carbocycles. The average Bonchev–Trinajstić information content (AvgIpc) is 2.60. The molecule has 0 aliphatic rings. The van der Waals surface area contributed by atoms with Crippen molar-refractivity contribution >= 4 is 21.6 Å². The zero-order chi connectivity index (χ0) is 10.7. The van der Waals surface area contributed by atoms with Crippen LogP contribution >= 0.6 is 11.3 Å². The summed E-state index contributed by atoms with van der Waals surface area (Å²) in [4.78, 5) is 4.53. The third-order valence-corrected chi connectivity index (χ3v) is 3.49. The van der Waals surface area contributed by atoms with E-state index in [-0.39, 0.29) is 0 Å². The van der Waals surface area contributed by atoms with Crippen LogP contribution in [0.5, 0.6) is 5.75 Å². The number of thiazole rings is 1. The van der Waals surface area contributed by atoms with Crippen molar-refractivity contribution in [1.82, 2.24) is 4.98 Å². The van der Waals surface area contributed by atoms with Gasteiger partial charge < -0.3 is 5.11 Å². The quantitative estimate of drug-likeness (QED) is 0.798. The first kappa shape index (κ1) is 10.4. The first-order valence-corrected chi connectivity index (χ1v) is 6.19. The van der Waals surface area contributed by atoms with E-state index in [0.717, 1.165) is 16.6 Å². The van der Waals surface area contributed by atoms with Crippen LogP contribution in [0.15, 0.2) is 18.2 Å². The molecule has 0 saturated carbocycles. The first-order valence-electron chi connectivity index (χ1n) is 5.38. The average molecular weight is 221 g/mol. The second-order valence-corrected chi connectivity index (χ2v) is 4.83. The lowest BCUT2D eigenvalue weighted by atomic mass is 10.2. The maximum atomic E-state index is 9.33. The fourth-order valence-electron chi connectivity index (χ4n) is 1.59. The van der Waals surface area contributed by atoms with Gasteiger partial charge in [0.15, 0.2) is 0 Å². The van der Waals surface area contributed by atoms with Crippen LogP contribution in [0.25, 0.3) is 10.2 Å². The SMILES string of the molecule is CCCCCc1nc2ccc(O)cc2s1. The van der Waals surface area contributed by atoms with Gasteiger partial charge in [0, 0.05) is 0 Å². The normalized spacial score (nSPS) is 11.0. The standard InChI is InChI=1S/C12H15NOS/c1-2-3-4-5-12-13-10-7-6-9(14)8-11(10)15-12/h6-8,14H,2-5H2,1H3. The molecule has 0 bridgehead atoms. The number of aromatic nitrogens is 1. The summed E-state index contributed by atoms with van der Waals surface area (Å²) in [6, 6.07) is 5.36. The molecule has 3 heteroatoms. The summed E-state index contributed by atoms with van der Waals surface area (Å²) in [7, 11) is 0. The zero-order valence-electron chi connectivity index (χ0n) is 8.86. The molecule has 0 aliphatic carbocycles. The molecular formula is C12H15NOS. The highest BCUT2D eigenvalue weighted by Crippen LogP contribution is 2.26. The van der Waals surface area contributed by atoms with Crippen LogP contribution in [0.4, 0.5) is 0 Å². The van der Waals surface area contributed by atoms with E-state index in [2.05, 4.69) is 11.9 Å². The molecule has 0 atom stereocenters. The molecule has 0 spiro atoms. The second-order valence-electron chi connectivity index (χ2n) is 3.72. The lowest BCUT2D eigenvalue weighted by Crippen LogP contribution is -1.82. The van der Waals surface area contributed by atoms with E-state index in [1.165, 1.54) is 24.3 Å². The minimum absolute atomic E-state index is 0.325. The Hall–Kier alpha value is -1.09. The number of fused-ring (bicyclic) bond motifs is 1. The molecule has 80 valence electrons. The smallest absolute Gasteiger partial charge is 0.117 e. The fourth-order valence-corrected chi connectivity index (χ4v) is 2.64. The van der Waals surface area contributed by atoms with Gasteiger partial charge in [-0.15, -0.1) is 11.3 Å². The number of aromatic hydroxyl groups is 1. The van der Waals surface area contributed by atoms with Crippen molar-refractivity contribution < 1.29 is 5.11 Å². The first-order chi connectivity index (χ1) is 7.29. The van der Waals surface area contributed by atoms with Gasteiger partial charge in [-0.2, -0.15) is 0 Å². The van der Waals surface area contributed by atoms with Crippen LogP contribution in [0.1, 0.15) is 31.2 Å². The molecule has 2 rings (SSSR count). The van der Waals surface area contributed by atoms with E-state index in [0.29, 0.717) is 5.75 Å². The van der Waals surface area contributed by atoms with Gasteiger partial charge in [-0.1, -0.05) is 19.8 Å². The Morgan fingerprint density at radius 2 is 2.20 bits per heavy atom. The molecule has 2 nitrogen and oxygen atoms in total. The largest absolute Gasteiger partial charge is 0.508 e. The maximum Gasteiger partial charge on any atom is 0.117 e. The summed E-state index contributed by atoms with van der Waals surface area (Å²) >= 11 is 1.69. The molecule has 0 unspecified atom stereocenters. The van der Waals surface area contributed by atoms with E-state index in [4.69, 9.17) is 0 Å². The minimum atomic E-state index is 0.325. The van der Waals surface area contributed by atoms with Crippen LogP contribution < -0.4 is 0 Å². The van der Waals surface area contributed by atoms with Gasteiger partial charge in [0.2, 0.25) is 0 Å². The van der Waals surface area contributed by atoms with Gasteiger partial charge in [0.05, 0.1) is 15.2 Å². The van der Waals surface area contributed by atoms with Crippen molar-refractivity contribution in [1.29, 1.82) is 0 Å². The Morgan fingerprint density at radius 1 is 1.33 bits per heavy atom. The highest BCUT2D eigenvalue weighted by molar-refractivity contribution is 7.18. The van der Waals surface area contributed by atoms with E-state index in [9.17, 15) is 5.11 Å². The molecular weight excluding hydrogens is 206 g/mol. The van der Waals surface area contributed by atoms with Gasteiger partial charge >= 0.3 is 0 Å². The van der Waals surface area contributed by atoms with Crippen LogP contribution in [0.2, 0.25) is 0 Å². The van der Waals surface area contributed by atoms with Crippen LogP contribution in [-0.2, 0) is 6.42 Å². The molecule has 0 aliphatic heterocycles. The van der Waals surface area contributed by atoms with E-state index >= 15 is 0 Å². The molecule has 0 amide bonds. The van der Waals surface area contributed by atoms with Crippen molar-refractivity contribution in [2.24, 2.45) is 0 Å². The van der Waals surface area contributed by atoms with Crippen molar-refractivity contribution in [3.8, 4) is 5.75 Å². The van der Waals surface area contributed by atoms with E-state index in [1.54, 1.807) is 23.5 Å². The number of unbranched alkanes of at least 4 members (excludes halogenated alkanes) is 2. The van der Waals surface area contributed by atoms with Gasteiger partial charge in [0.25, 0.3) is 0 Å². The predicted octanol–water partition coefficient (Wildman–Crippen LogP) is 3.73. The summed E-state index contributed by atoms with van der Waals surface area (Å²) in [6.45, 7) is 2.20. The monoisotopic (exact) mass is 221 g/mol. The molecule has 0 saturated heterocycles. The Balaban J connectivity index is 2.16. The fraction of sp³-hybridized carbons (Fsp3) is 0.417. The lowest BCUT2D eigenvalue weighted by Gasteiger charge is -1.92. The molecule has 0 radical (unpaired) electrons. The zero-order valence-corrected chi connectivity index (χ0v) is 9.68. The number of rotatable bonds is 4. The van der Waals surface area contributed by atoms with Crippen molar-refractivity contribution in [2.45, 2.75) is 32.6 Å². The molecule has 0 fully saturated rings. The van der Waals surface area contributed by atoms with Gasteiger partial charge in [-0.05, 0) is 31.0 Å². The molecule has 1 aromatic heterocycles. The number of hydrogen-bond donors (Lipinski definition) is 1. The molecule has 15 heavy (non-hydrogen) atoms. The summed E-state index contributed by atoms with van der Waals surface area (Å²) in [5.41, 5.74) is 1.00. The lowest BCUT2D eigenvalue weighted by molar-refractivity contribution is 0.476. The Bertz CT molecular complexity index is 450.